The molecular weight excluding hydrogens is 2090 g/mol. The fraction of sp³-hybridized carbons (Fsp3) is 0.244. The summed E-state index contributed by atoms with van der Waals surface area (Å²) in [5.41, 5.74) is 6.56. The molecule has 0 heterocycles. The Labute approximate surface area is 872 Å². The number of nitrogens with zero attached hydrogens (tertiary/aromatic N) is 4. The van der Waals surface area contributed by atoms with Crippen LogP contribution in [0.5, 0.6) is 51.7 Å². The van der Waals surface area contributed by atoms with E-state index in [2.05, 4.69) is 125 Å². The maximum absolute atomic E-state index is 12.1. The van der Waals surface area contributed by atoms with Crippen molar-refractivity contribution in [3.63, 3.8) is 0 Å². The van der Waals surface area contributed by atoms with Gasteiger partial charge in [0.05, 0.1) is 26.3 Å². The number of phenols is 3. The van der Waals surface area contributed by atoms with Gasteiger partial charge in [-0.3, -0.25) is 14.4 Å². The van der Waals surface area contributed by atoms with Crippen LogP contribution >= 0.6 is 108 Å². The minimum Gasteiger partial charge on any atom is -0.508 e. The summed E-state index contributed by atoms with van der Waals surface area (Å²) in [6.07, 6.45) is -0.286. The molecular formula is C90H94Br6ClF2K2N4O20+. The zero-order chi connectivity index (χ0) is 91.9. The van der Waals surface area contributed by atoms with Gasteiger partial charge < -0.3 is 81.8 Å². The van der Waals surface area contributed by atoms with Crippen LogP contribution < -0.4 is 117 Å². The molecule has 0 spiro atoms. The SMILES string of the molecule is CCO.CCOC(OCC)c1cc(O)ccc1Br.CCOC(OCC)c1cc(O)ccc1Br.Cl.O=Cc1cc(O)ccc1Br.[2H]OOC=O.[C-]#[N+]c1ccc(F)cc1.[C-]#[N+]c1ccc(Oc2ccc(Br)c(C(OCC)OCC)c2)cc1.[C-]#[N+]c1ccc(Oc2ccc(Br)c(C(OCC)OCC)c2)cc1.[C-]#[N+]c1ccc(Oc2ccc(Br)c(C=O)c2)cc1.[CH2-]F.[K+].[K+]. The van der Waals surface area contributed by atoms with Gasteiger partial charge in [-0.1, -0.05) is 144 Å². The molecule has 0 aliphatic carbocycles. The third kappa shape index (κ3) is 50.4. The standard InChI is InChI=1S/2C18H18BrNO3.C14H8BrNO2.2C11H15BrO3.C7H5BrO2.C7H4FN.C2H6O.CH2F.CH2O3.ClH.2K/c2*1-4-21-18(22-5-2)16-12-15(10-11-17(16)19)23-14-8-6-13(20-3)7-9-14;1-16-11-2-4-12(5-3-11)18-13-6-7-14(15)10(8-13)9-17;2*1-3-14-11(15-4-2)9-7-8(13)5-6-10(9)12;8-7-2-1-6(10)3-5(7)4-9;1-9-7-4-2-6(8)3-5-7;1-2-3;1-2;2-1-4-3;;;/h2*6-12,18H,4-5H2,1-2H3;2-9H;2*5-7,11,13H,3-4H2,1-2H3;1-4,10H;2-5H;3H,2H2,1H3;1H2;1,3H;1H;;/q;;;;;;;;-1;;;2*+1/i/hD. The molecule has 125 heavy (non-hydrogen) atoms. The smallest absolute Gasteiger partial charge is 0.508 e. The van der Waals surface area contributed by atoms with E-state index in [9.17, 15) is 28.6 Å². The number of carbonyl (C=O) groups is 3. The van der Waals surface area contributed by atoms with Gasteiger partial charge in [-0.15, -0.1) is 12.4 Å². The first-order valence-electron chi connectivity index (χ1n) is 37.1. The fourth-order valence-corrected chi connectivity index (χ4v) is 11.5. The van der Waals surface area contributed by atoms with E-state index >= 15 is 0 Å². The van der Waals surface area contributed by atoms with Crippen LogP contribution in [0.3, 0.4) is 0 Å². The van der Waals surface area contributed by atoms with E-state index in [0.29, 0.717) is 132 Å². The molecule has 0 amide bonds. The number of carbonyl (C=O) groups excluding carboxylic acids is 3. The molecule has 0 unspecified atom stereocenters. The van der Waals surface area contributed by atoms with Crippen molar-refractivity contribution >= 4 is 150 Å². The van der Waals surface area contributed by atoms with Crippen LogP contribution in [0.25, 0.3) is 20.8 Å². The van der Waals surface area contributed by atoms with E-state index in [1.54, 1.807) is 148 Å². The number of aliphatic hydroxyl groups excluding tert-OH is 1. The van der Waals surface area contributed by atoms with Gasteiger partial charge in [-0.25, -0.2) is 29.0 Å². The van der Waals surface area contributed by atoms with E-state index in [-0.39, 0.29) is 151 Å². The minimum atomic E-state index is -0.438. The van der Waals surface area contributed by atoms with Crippen LogP contribution in [0, 0.1) is 39.3 Å². The number of phenolic OH excluding ortho intramolecular Hbond substituents is 3. The summed E-state index contributed by atoms with van der Waals surface area (Å²) in [6.45, 7) is 49.1. The van der Waals surface area contributed by atoms with E-state index in [1.165, 1.54) is 36.4 Å². The summed E-state index contributed by atoms with van der Waals surface area (Å²) in [5, 5.41) is 38.3. The first-order valence-corrected chi connectivity index (χ1v) is 41.5. The Morgan fingerprint density at radius 3 is 0.808 bits per heavy atom. The molecule has 10 aromatic carbocycles. The van der Waals surface area contributed by atoms with Gasteiger partial charge >= 0.3 is 109 Å². The topological polar surface area (TPSA) is 281 Å². The van der Waals surface area contributed by atoms with Crippen molar-refractivity contribution in [1.29, 1.82) is 1.43 Å². The van der Waals surface area contributed by atoms with Crippen molar-refractivity contribution in [2.45, 2.75) is 87.5 Å². The van der Waals surface area contributed by atoms with E-state index < -0.39 is 25.2 Å². The van der Waals surface area contributed by atoms with Gasteiger partial charge in [0.1, 0.15) is 57.6 Å². The zero-order valence-corrected chi connectivity index (χ0v) is 86.9. The second-order valence-electron chi connectivity index (χ2n) is 22.6. The van der Waals surface area contributed by atoms with Gasteiger partial charge in [-0.2, -0.15) is 7.18 Å². The number of aliphatic hydroxyl groups is 1. The zero-order valence-electron chi connectivity index (χ0n) is 71.3. The number of hydrogen-bond donors (Lipinski definition) is 5. The predicted octanol–water partition coefficient (Wildman–Crippen LogP) is 21.9. The van der Waals surface area contributed by atoms with Gasteiger partial charge in [-0.05, 0) is 220 Å². The Morgan fingerprint density at radius 2 is 0.576 bits per heavy atom. The molecule has 10 rings (SSSR count). The summed E-state index contributed by atoms with van der Waals surface area (Å²) >= 11 is 20.3. The van der Waals surface area contributed by atoms with Crippen LogP contribution in [-0.4, -0.2) is 104 Å². The molecule has 0 aromatic heterocycles. The number of halogens is 9. The van der Waals surface area contributed by atoms with E-state index in [0.717, 1.165) is 50.9 Å². The molecule has 0 atom stereocenters. The van der Waals surface area contributed by atoms with Crippen LogP contribution in [0.1, 0.15) is 130 Å². The summed E-state index contributed by atoms with van der Waals surface area (Å²) in [5.74, 6) is 4.14. The van der Waals surface area contributed by atoms with Crippen LogP contribution in [-0.2, 0) is 47.6 Å². The van der Waals surface area contributed by atoms with Crippen molar-refractivity contribution in [2.24, 2.45) is 0 Å². The largest absolute Gasteiger partial charge is 1.00 e. The molecule has 5 N–H and O–H groups in total. The Bertz CT molecular complexity index is 4670. The second-order valence-corrected chi connectivity index (χ2v) is 27.7. The number of aldehydes is 2. The number of benzene rings is 10. The number of rotatable bonds is 30. The second kappa shape index (κ2) is 75.5. The molecule has 24 nitrogen and oxygen atoms in total. The molecule has 0 saturated heterocycles. The summed E-state index contributed by atoms with van der Waals surface area (Å²) in [4.78, 5) is 46.4. The summed E-state index contributed by atoms with van der Waals surface area (Å²) < 4.78 is 93.6. The molecule has 0 aliphatic rings. The molecule has 35 heteroatoms. The molecule has 0 aliphatic heterocycles. The third-order valence-corrected chi connectivity index (χ3v) is 18.6. The van der Waals surface area contributed by atoms with Crippen molar-refractivity contribution in [3.8, 4) is 51.7 Å². The van der Waals surface area contributed by atoms with E-state index in [4.69, 9.17) is 94.8 Å². The van der Waals surface area contributed by atoms with Crippen LogP contribution in [0.4, 0.5) is 31.5 Å². The molecule has 0 bridgehead atoms. The molecule has 10 aromatic rings. The van der Waals surface area contributed by atoms with E-state index in [1.807, 2.05) is 91.8 Å². The van der Waals surface area contributed by atoms with Crippen molar-refractivity contribution in [2.75, 3.05) is 59.5 Å². The monoisotopic (exact) mass is 2180 g/mol. The Kier molecular flexibility index (Phi) is 72.9. The predicted molar refractivity (Wildman–Crippen MR) is 492 cm³/mol. The average molecular weight is 2180 g/mol. The molecule has 658 valence electrons. The van der Waals surface area contributed by atoms with Crippen molar-refractivity contribution < 1.29 is 209 Å². The summed E-state index contributed by atoms with van der Waals surface area (Å²) in [6, 6.07) is 57.3. The Hall–Kier alpha value is -6.33. The van der Waals surface area contributed by atoms with Crippen LogP contribution in [0.2, 0.25) is 0 Å². The maximum Gasteiger partial charge on any atom is 1.00 e. The van der Waals surface area contributed by atoms with Gasteiger partial charge in [0.25, 0.3) is 1.43 Å². The van der Waals surface area contributed by atoms with Gasteiger partial charge in [0, 0.05) is 120 Å². The quantitative estimate of drug-likeness (QED) is 0.00698. The molecule has 0 saturated carbocycles. The minimum absolute atomic E-state index is 0. The number of hydrogen-bond acceptors (Lipinski definition) is 20. The first kappa shape index (κ1) is 121. The maximum atomic E-state index is 12.1. The third-order valence-electron chi connectivity index (χ3n) is 14.3. The first-order chi connectivity index (χ1) is 59.3. The van der Waals surface area contributed by atoms with Crippen molar-refractivity contribution in [3.05, 3.63) is 325 Å². The fourth-order valence-electron chi connectivity index (χ4n) is 9.06. The van der Waals surface area contributed by atoms with Crippen LogP contribution in [0.15, 0.2) is 233 Å². The average Bonchev–Trinajstić information content (AvgIpc) is 0.847. The Balaban J connectivity index is -0.00000139. The van der Waals surface area contributed by atoms with Gasteiger partial charge in [0.2, 0.25) is 0 Å². The molecule has 0 fully saturated rings. The van der Waals surface area contributed by atoms with Crippen molar-refractivity contribution in [1.82, 2.24) is 0 Å². The normalized spacial score (nSPS) is 9.70. The Morgan fingerprint density at radius 1 is 0.360 bits per heavy atom. The van der Waals surface area contributed by atoms with Gasteiger partial charge in [0.15, 0.2) is 60.5 Å². The summed E-state index contributed by atoms with van der Waals surface area (Å²) in [7, 11) is 1.75. The molecule has 0 radical (unpaired) electrons. The number of aromatic hydroxyl groups is 3. The number of ether oxygens (including phenoxy) is 11.